The Bertz CT molecular complexity index is 579. The Morgan fingerprint density at radius 3 is 2.32 bits per heavy atom. The molecule has 0 aliphatic heterocycles. The van der Waals surface area contributed by atoms with Crippen molar-refractivity contribution in [2.45, 2.75) is 16.6 Å². The number of nitrogens with zero attached hydrogens (tertiary/aromatic N) is 3. The van der Waals surface area contributed by atoms with Crippen molar-refractivity contribution >= 4 is 11.8 Å². The van der Waals surface area contributed by atoms with E-state index in [1.54, 1.807) is 18.1 Å². The van der Waals surface area contributed by atoms with Gasteiger partial charge in [0.05, 0.1) is 6.54 Å². The van der Waals surface area contributed by atoms with Crippen molar-refractivity contribution in [2.24, 2.45) is 0 Å². The monoisotopic (exact) mass is 267 g/mol. The fourth-order valence-corrected chi connectivity index (χ4v) is 2.61. The van der Waals surface area contributed by atoms with E-state index in [0.717, 1.165) is 11.7 Å². The predicted octanol–water partition coefficient (Wildman–Crippen LogP) is 3.48. The van der Waals surface area contributed by atoms with Gasteiger partial charge in [-0.2, -0.15) is 5.10 Å². The van der Waals surface area contributed by atoms with Gasteiger partial charge in [-0.3, -0.25) is 0 Å². The largest absolute Gasteiger partial charge is 0.236 e. The van der Waals surface area contributed by atoms with E-state index in [2.05, 4.69) is 34.3 Å². The topological polar surface area (TPSA) is 30.7 Å². The molecule has 0 N–H and O–H groups in total. The Balaban J connectivity index is 1.79. The average molecular weight is 267 g/mol. The smallest absolute Gasteiger partial charge is 0.191 e. The summed E-state index contributed by atoms with van der Waals surface area (Å²) in [6.07, 6.45) is 1.61. The zero-order chi connectivity index (χ0) is 12.9. The molecule has 1 aromatic heterocycles. The first kappa shape index (κ1) is 12.0. The normalized spacial score (nSPS) is 10.5. The van der Waals surface area contributed by atoms with E-state index >= 15 is 0 Å². The zero-order valence-electron chi connectivity index (χ0n) is 10.3. The van der Waals surface area contributed by atoms with E-state index in [0.29, 0.717) is 0 Å². The van der Waals surface area contributed by atoms with Crippen molar-refractivity contribution in [2.75, 3.05) is 0 Å². The van der Waals surface area contributed by atoms with E-state index in [-0.39, 0.29) is 0 Å². The van der Waals surface area contributed by atoms with Crippen LogP contribution in [0.1, 0.15) is 5.56 Å². The molecule has 3 aromatic rings. The Morgan fingerprint density at radius 1 is 0.895 bits per heavy atom. The number of benzene rings is 2. The number of hydrogen-bond donors (Lipinski definition) is 0. The summed E-state index contributed by atoms with van der Waals surface area (Å²) in [6, 6.07) is 20.5. The van der Waals surface area contributed by atoms with E-state index < -0.39 is 0 Å². The van der Waals surface area contributed by atoms with Crippen molar-refractivity contribution in [3.63, 3.8) is 0 Å². The van der Waals surface area contributed by atoms with Gasteiger partial charge in [0.25, 0.3) is 0 Å². The van der Waals surface area contributed by atoms with E-state index in [9.17, 15) is 0 Å². The highest BCUT2D eigenvalue weighted by molar-refractivity contribution is 7.99. The van der Waals surface area contributed by atoms with Crippen LogP contribution in [0.2, 0.25) is 0 Å². The van der Waals surface area contributed by atoms with Gasteiger partial charge in [-0.05, 0) is 17.7 Å². The third-order valence-corrected chi connectivity index (χ3v) is 3.71. The third kappa shape index (κ3) is 3.03. The van der Waals surface area contributed by atoms with Crippen LogP contribution in [-0.2, 0) is 6.54 Å². The molecule has 94 valence electrons. The van der Waals surface area contributed by atoms with Gasteiger partial charge >= 0.3 is 0 Å². The molecule has 0 unspecified atom stereocenters. The van der Waals surface area contributed by atoms with Crippen LogP contribution in [0.15, 0.2) is 77.0 Å². The number of rotatable bonds is 4. The molecule has 0 aliphatic carbocycles. The van der Waals surface area contributed by atoms with E-state index in [1.807, 2.05) is 41.1 Å². The number of hydrogen-bond acceptors (Lipinski definition) is 3. The minimum absolute atomic E-state index is 0.746. The minimum Gasteiger partial charge on any atom is -0.236 e. The van der Waals surface area contributed by atoms with Gasteiger partial charge in [-0.1, -0.05) is 60.3 Å². The third-order valence-electron chi connectivity index (χ3n) is 2.71. The summed E-state index contributed by atoms with van der Waals surface area (Å²) in [5.74, 6) is 0. The molecule has 3 nitrogen and oxygen atoms in total. The highest BCUT2D eigenvalue weighted by Crippen LogP contribution is 2.25. The van der Waals surface area contributed by atoms with Gasteiger partial charge in [0.1, 0.15) is 6.33 Å². The minimum atomic E-state index is 0.746. The van der Waals surface area contributed by atoms with Gasteiger partial charge in [0.15, 0.2) is 5.16 Å². The Hall–Kier alpha value is -2.07. The summed E-state index contributed by atoms with van der Waals surface area (Å²) in [5, 5.41) is 5.20. The molecule has 0 spiro atoms. The van der Waals surface area contributed by atoms with Gasteiger partial charge in [-0.25, -0.2) is 9.67 Å². The predicted molar refractivity (Wildman–Crippen MR) is 76.1 cm³/mol. The Labute approximate surface area is 116 Å². The summed E-state index contributed by atoms with van der Waals surface area (Å²) in [7, 11) is 0. The second kappa shape index (κ2) is 5.71. The van der Waals surface area contributed by atoms with Crippen LogP contribution in [0.3, 0.4) is 0 Å². The molecule has 3 rings (SSSR count). The van der Waals surface area contributed by atoms with Crippen LogP contribution in [0.4, 0.5) is 0 Å². The van der Waals surface area contributed by atoms with E-state index in [4.69, 9.17) is 0 Å². The van der Waals surface area contributed by atoms with E-state index in [1.165, 1.54) is 10.5 Å². The fraction of sp³-hybridized carbons (Fsp3) is 0.0667. The van der Waals surface area contributed by atoms with Crippen LogP contribution >= 0.6 is 11.8 Å². The first-order valence-corrected chi connectivity index (χ1v) is 6.88. The summed E-state index contributed by atoms with van der Waals surface area (Å²) < 4.78 is 1.92. The maximum atomic E-state index is 4.32. The molecule has 0 atom stereocenters. The molecule has 19 heavy (non-hydrogen) atoms. The van der Waals surface area contributed by atoms with Crippen LogP contribution in [-0.4, -0.2) is 14.8 Å². The van der Waals surface area contributed by atoms with Crippen molar-refractivity contribution in [3.05, 3.63) is 72.6 Å². The van der Waals surface area contributed by atoms with Gasteiger partial charge in [0, 0.05) is 4.90 Å². The van der Waals surface area contributed by atoms with Crippen LogP contribution in [0.5, 0.6) is 0 Å². The lowest BCUT2D eigenvalue weighted by molar-refractivity contribution is 0.618. The molecule has 1 heterocycles. The standard InChI is InChI=1S/C15H13N3S/c1-3-7-13(8-4-1)11-18-15(16-12-17-18)19-14-9-5-2-6-10-14/h1-10,12H,11H2. The molecule has 0 fully saturated rings. The summed E-state index contributed by atoms with van der Waals surface area (Å²) in [5.41, 5.74) is 1.22. The molecular formula is C15H13N3S. The lowest BCUT2D eigenvalue weighted by atomic mass is 10.2. The molecule has 0 saturated heterocycles. The highest BCUT2D eigenvalue weighted by Gasteiger charge is 2.06. The molecule has 0 aliphatic rings. The number of aromatic nitrogens is 3. The molecule has 0 saturated carbocycles. The molecule has 2 aromatic carbocycles. The maximum Gasteiger partial charge on any atom is 0.191 e. The molecular weight excluding hydrogens is 254 g/mol. The van der Waals surface area contributed by atoms with Crippen molar-refractivity contribution in [3.8, 4) is 0 Å². The van der Waals surface area contributed by atoms with Crippen LogP contribution in [0.25, 0.3) is 0 Å². The van der Waals surface area contributed by atoms with Crippen LogP contribution in [0, 0.1) is 0 Å². The molecule has 0 bridgehead atoms. The SMILES string of the molecule is c1ccc(Cn2ncnc2Sc2ccccc2)cc1. The first-order valence-electron chi connectivity index (χ1n) is 6.06. The molecule has 0 radical (unpaired) electrons. The fourth-order valence-electron chi connectivity index (χ4n) is 1.79. The van der Waals surface area contributed by atoms with Crippen molar-refractivity contribution < 1.29 is 0 Å². The zero-order valence-corrected chi connectivity index (χ0v) is 11.1. The van der Waals surface area contributed by atoms with Crippen molar-refractivity contribution in [1.29, 1.82) is 0 Å². The second-order valence-corrected chi connectivity index (χ2v) is 5.14. The quantitative estimate of drug-likeness (QED) is 0.725. The maximum absolute atomic E-state index is 4.32. The molecule has 0 amide bonds. The van der Waals surface area contributed by atoms with Gasteiger partial charge in [0.2, 0.25) is 0 Å². The second-order valence-electron chi connectivity index (χ2n) is 4.10. The van der Waals surface area contributed by atoms with Gasteiger partial charge < -0.3 is 0 Å². The Morgan fingerprint density at radius 2 is 1.58 bits per heavy atom. The lowest BCUT2D eigenvalue weighted by Gasteiger charge is -2.05. The summed E-state index contributed by atoms with van der Waals surface area (Å²) >= 11 is 1.63. The Kier molecular flexibility index (Phi) is 3.61. The lowest BCUT2D eigenvalue weighted by Crippen LogP contribution is -2.03. The summed E-state index contributed by atoms with van der Waals surface area (Å²) in [6.45, 7) is 0.746. The molecule has 4 heteroatoms. The van der Waals surface area contributed by atoms with Gasteiger partial charge in [-0.15, -0.1) is 0 Å². The first-order chi connectivity index (χ1) is 9.42. The summed E-state index contributed by atoms with van der Waals surface area (Å²) in [4.78, 5) is 5.49. The highest BCUT2D eigenvalue weighted by atomic mass is 32.2. The van der Waals surface area contributed by atoms with Crippen molar-refractivity contribution in [1.82, 2.24) is 14.8 Å². The average Bonchev–Trinajstić information content (AvgIpc) is 2.88. The van der Waals surface area contributed by atoms with Crippen LogP contribution < -0.4 is 0 Å².